The van der Waals surface area contributed by atoms with Gasteiger partial charge in [-0.2, -0.15) is 0 Å². The standard InChI is InChI=1S/C13H6ClN3O5S/c14-9-5-7(16(18)19)2-4-11(9)22-13-15-10-3-1-8(17(20)21)6-12(10)23-13/h1-6H. The topological polar surface area (TPSA) is 108 Å². The Labute approximate surface area is 137 Å². The Kier molecular flexibility index (Phi) is 3.80. The molecule has 0 saturated carbocycles. The number of nitrogens with zero attached hydrogens (tertiary/aromatic N) is 3. The van der Waals surface area contributed by atoms with E-state index in [0.717, 1.165) is 11.3 Å². The minimum absolute atomic E-state index is 0.0407. The Morgan fingerprint density at radius 3 is 2.35 bits per heavy atom. The van der Waals surface area contributed by atoms with E-state index < -0.39 is 9.85 Å². The molecule has 0 radical (unpaired) electrons. The molecule has 0 aliphatic rings. The minimum atomic E-state index is -0.563. The molecule has 0 saturated heterocycles. The van der Waals surface area contributed by atoms with E-state index in [4.69, 9.17) is 16.3 Å². The average molecular weight is 352 g/mol. The number of non-ortho nitro benzene ring substituents is 2. The number of hydrogen-bond donors (Lipinski definition) is 0. The fourth-order valence-corrected chi connectivity index (χ4v) is 2.90. The molecule has 2 aromatic carbocycles. The van der Waals surface area contributed by atoms with Crippen LogP contribution in [0.25, 0.3) is 10.2 Å². The second kappa shape index (κ2) is 5.78. The van der Waals surface area contributed by atoms with Crippen LogP contribution >= 0.6 is 22.9 Å². The van der Waals surface area contributed by atoms with Crippen LogP contribution in [0.15, 0.2) is 36.4 Å². The van der Waals surface area contributed by atoms with E-state index in [-0.39, 0.29) is 27.3 Å². The first kappa shape index (κ1) is 15.1. The van der Waals surface area contributed by atoms with Crippen LogP contribution in [0.5, 0.6) is 10.9 Å². The Bertz CT molecular complexity index is 943. The first-order valence-electron chi connectivity index (χ1n) is 6.11. The summed E-state index contributed by atoms with van der Waals surface area (Å²) in [5.74, 6) is 0.214. The SMILES string of the molecule is O=[N+]([O-])c1ccc(Oc2nc3ccc([N+](=O)[O-])cc3s2)c(Cl)c1. The lowest BCUT2D eigenvalue weighted by Gasteiger charge is -2.03. The number of fused-ring (bicyclic) bond motifs is 1. The van der Waals surface area contributed by atoms with Crippen molar-refractivity contribution >= 4 is 44.5 Å². The highest BCUT2D eigenvalue weighted by Gasteiger charge is 2.14. The Hall–Kier alpha value is -2.78. The molecule has 0 bridgehead atoms. The van der Waals surface area contributed by atoms with Gasteiger partial charge in [-0.1, -0.05) is 22.9 Å². The Morgan fingerprint density at radius 1 is 1.04 bits per heavy atom. The minimum Gasteiger partial charge on any atom is -0.429 e. The van der Waals surface area contributed by atoms with Gasteiger partial charge in [0.05, 0.1) is 25.1 Å². The summed E-state index contributed by atoms with van der Waals surface area (Å²) < 4.78 is 6.10. The van der Waals surface area contributed by atoms with Gasteiger partial charge < -0.3 is 4.74 Å². The largest absolute Gasteiger partial charge is 0.429 e. The lowest BCUT2D eigenvalue weighted by Crippen LogP contribution is -1.89. The van der Waals surface area contributed by atoms with Crippen molar-refractivity contribution < 1.29 is 14.6 Å². The second-order valence-corrected chi connectivity index (χ2v) is 5.76. The van der Waals surface area contributed by atoms with Crippen molar-refractivity contribution in [2.45, 2.75) is 0 Å². The molecule has 8 nitrogen and oxygen atoms in total. The van der Waals surface area contributed by atoms with Gasteiger partial charge in [0, 0.05) is 24.3 Å². The summed E-state index contributed by atoms with van der Waals surface area (Å²) in [6.45, 7) is 0. The van der Waals surface area contributed by atoms with Crippen LogP contribution in [-0.4, -0.2) is 14.8 Å². The van der Waals surface area contributed by atoms with Crippen LogP contribution < -0.4 is 4.74 Å². The maximum Gasteiger partial charge on any atom is 0.279 e. The number of thiazole rings is 1. The number of benzene rings is 2. The number of nitro groups is 2. The van der Waals surface area contributed by atoms with Crippen molar-refractivity contribution in [1.29, 1.82) is 0 Å². The predicted molar refractivity (Wildman–Crippen MR) is 84.5 cm³/mol. The lowest BCUT2D eigenvalue weighted by molar-refractivity contribution is -0.385. The van der Waals surface area contributed by atoms with Gasteiger partial charge in [-0.05, 0) is 12.1 Å². The van der Waals surface area contributed by atoms with Crippen LogP contribution in [0, 0.1) is 20.2 Å². The molecule has 1 aromatic heterocycles. The third-order valence-corrected chi connectivity index (χ3v) is 4.08. The molecule has 3 aromatic rings. The van der Waals surface area contributed by atoms with Crippen molar-refractivity contribution in [2.24, 2.45) is 0 Å². The summed E-state index contributed by atoms with van der Waals surface area (Å²) in [6.07, 6.45) is 0. The van der Waals surface area contributed by atoms with E-state index in [1.807, 2.05) is 0 Å². The zero-order valence-electron chi connectivity index (χ0n) is 11.1. The van der Waals surface area contributed by atoms with Gasteiger partial charge in [0.2, 0.25) is 0 Å². The van der Waals surface area contributed by atoms with Gasteiger partial charge in [0.1, 0.15) is 5.75 Å². The van der Waals surface area contributed by atoms with Crippen molar-refractivity contribution in [3.8, 4) is 10.9 Å². The molecular formula is C13H6ClN3O5S. The van der Waals surface area contributed by atoms with Gasteiger partial charge >= 0.3 is 0 Å². The summed E-state index contributed by atoms with van der Waals surface area (Å²) >= 11 is 7.06. The third-order valence-electron chi connectivity index (χ3n) is 2.89. The number of ether oxygens (including phenoxy) is 1. The molecule has 0 unspecified atom stereocenters. The van der Waals surface area contributed by atoms with E-state index in [0.29, 0.717) is 10.2 Å². The molecule has 10 heteroatoms. The van der Waals surface area contributed by atoms with Gasteiger partial charge in [-0.3, -0.25) is 20.2 Å². The molecular weight excluding hydrogens is 346 g/mol. The molecule has 0 spiro atoms. The fraction of sp³-hybridized carbons (Fsp3) is 0. The molecule has 23 heavy (non-hydrogen) atoms. The first-order chi connectivity index (χ1) is 10.9. The van der Waals surface area contributed by atoms with Gasteiger partial charge in [0.25, 0.3) is 16.6 Å². The molecule has 0 aliphatic heterocycles. The molecule has 0 atom stereocenters. The fourth-order valence-electron chi connectivity index (χ4n) is 1.83. The number of aromatic nitrogens is 1. The Morgan fingerprint density at radius 2 is 1.70 bits per heavy atom. The van der Waals surface area contributed by atoms with Gasteiger partial charge in [0.15, 0.2) is 0 Å². The molecule has 1 heterocycles. The summed E-state index contributed by atoms with van der Waals surface area (Å²) in [6, 6.07) is 8.08. The highest BCUT2D eigenvalue weighted by Crippen LogP contribution is 2.36. The zero-order chi connectivity index (χ0) is 16.6. The molecule has 0 aliphatic carbocycles. The van der Waals surface area contributed by atoms with Crippen molar-refractivity contribution in [1.82, 2.24) is 4.98 Å². The maximum atomic E-state index is 10.8. The molecule has 0 amide bonds. The Balaban J connectivity index is 1.92. The first-order valence-corrected chi connectivity index (χ1v) is 7.30. The highest BCUT2D eigenvalue weighted by atomic mass is 35.5. The molecule has 0 N–H and O–H groups in total. The van der Waals surface area contributed by atoms with Crippen LogP contribution in [0.3, 0.4) is 0 Å². The second-order valence-electron chi connectivity index (χ2n) is 4.36. The van der Waals surface area contributed by atoms with Crippen molar-refractivity contribution in [3.63, 3.8) is 0 Å². The maximum absolute atomic E-state index is 10.8. The molecule has 116 valence electrons. The van der Waals surface area contributed by atoms with Crippen molar-refractivity contribution in [3.05, 3.63) is 61.6 Å². The van der Waals surface area contributed by atoms with Crippen LogP contribution in [-0.2, 0) is 0 Å². The third kappa shape index (κ3) is 3.05. The average Bonchev–Trinajstić information content (AvgIpc) is 2.90. The van der Waals surface area contributed by atoms with Crippen LogP contribution in [0.2, 0.25) is 5.02 Å². The van der Waals surface area contributed by atoms with Gasteiger partial charge in [-0.15, -0.1) is 0 Å². The predicted octanol–water partition coefficient (Wildman–Crippen LogP) is 4.56. The normalized spacial score (nSPS) is 10.7. The van der Waals surface area contributed by atoms with Gasteiger partial charge in [-0.25, -0.2) is 4.98 Å². The van der Waals surface area contributed by atoms with E-state index >= 15 is 0 Å². The summed E-state index contributed by atoms with van der Waals surface area (Å²) in [4.78, 5) is 24.6. The van der Waals surface area contributed by atoms with Crippen LogP contribution in [0.4, 0.5) is 11.4 Å². The summed E-state index contributed by atoms with van der Waals surface area (Å²) in [5.41, 5.74) is 0.358. The van der Waals surface area contributed by atoms with E-state index in [2.05, 4.69) is 4.98 Å². The molecule has 0 fully saturated rings. The van der Waals surface area contributed by atoms with Crippen molar-refractivity contribution in [2.75, 3.05) is 0 Å². The van der Waals surface area contributed by atoms with Crippen LogP contribution in [0.1, 0.15) is 0 Å². The quantitative estimate of drug-likeness (QED) is 0.503. The number of nitro benzene ring substituents is 2. The number of rotatable bonds is 4. The van der Waals surface area contributed by atoms with E-state index in [1.165, 1.54) is 36.4 Å². The van der Waals surface area contributed by atoms with E-state index in [1.54, 1.807) is 0 Å². The smallest absolute Gasteiger partial charge is 0.279 e. The van der Waals surface area contributed by atoms with E-state index in [9.17, 15) is 20.2 Å². The highest BCUT2D eigenvalue weighted by molar-refractivity contribution is 7.20. The number of hydrogen-bond acceptors (Lipinski definition) is 7. The number of halogens is 1. The zero-order valence-corrected chi connectivity index (χ0v) is 12.7. The lowest BCUT2D eigenvalue weighted by atomic mass is 10.3. The summed E-state index contributed by atoms with van der Waals surface area (Å²) in [5, 5.41) is 21.7. The summed E-state index contributed by atoms with van der Waals surface area (Å²) in [7, 11) is 0. The molecule has 3 rings (SSSR count). The monoisotopic (exact) mass is 351 g/mol.